The molecule has 1 saturated heterocycles. The average Bonchev–Trinajstić information content (AvgIpc) is 2.68. The third-order valence-electron chi connectivity index (χ3n) is 5.51. The molecule has 1 heterocycles. The van der Waals surface area contributed by atoms with Crippen molar-refractivity contribution in [3.8, 4) is 0 Å². The molecule has 0 amide bonds. The number of benzene rings is 2. The van der Waals surface area contributed by atoms with Crippen molar-refractivity contribution >= 4 is 31.4 Å². The zero-order chi connectivity index (χ0) is 22.1. The Morgan fingerprint density at radius 1 is 0.933 bits per heavy atom. The van der Waals surface area contributed by atoms with E-state index in [2.05, 4.69) is 23.5 Å². The van der Waals surface area contributed by atoms with Crippen molar-refractivity contribution in [1.29, 1.82) is 0 Å². The summed E-state index contributed by atoms with van der Waals surface area (Å²) in [5.41, 5.74) is 1.37. The summed E-state index contributed by atoms with van der Waals surface area (Å²) in [6.45, 7) is 5.27. The van der Waals surface area contributed by atoms with E-state index < -0.39 is 20.0 Å². The summed E-state index contributed by atoms with van der Waals surface area (Å²) in [5, 5.41) is 0. The van der Waals surface area contributed by atoms with Crippen molar-refractivity contribution in [2.24, 2.45) is 5.92 Å². The summed E-state index contributed by atoms with van der Waals surface area (Å²) < 4.78 is 54.1. The van der Waals surface area contributed by atoms with Crippen molar-refractivity contribution in [1.82, 2.24) is 4.31 Å². The van der Waals surface area contributed by atoms with Crippen molar-refractivity contribution in [3.63, 3.8) is 0 Å². The largest absolute Gasteiger partial charge is 0.367 e. The van der Waals surface area contributed by atoms with Crippen LogP contribution in [0.25, 0.3) is 0 Å². The maximum Gasteiger partial charge on any atom is 0.261 e. The molecule has 30 heavy (non-hydrogen) atoms. The molecule has 2 unspecified atom stereocenters. The Bertz CT molecular complexity index is 1100. The van der Waals surface area contributed by atoms with Crippen LogP contribution in [0.4, 0.5) is 11.4 Å². The van der Waals surface area contributed by atoms with Gasteiger partial charge in [-0.05, 0) is 62.1 Å². The van der Waals surface area contributed by atoms with Crippen LogP contribution < -0.4 is 9.62 Å². The highest BCUT2D eigenvalue weighted by molar-refractivity contribution is 7.92. The van der Waals surface area contributed by atoms with Gasteiger partial charge in [-0.1, -0.05) is 19.1 Å². The summed E-state index contributed by atoms with van der Waals surface area (Å²) in [4.78, 5) is 2.29. The quantitative estimate of drug-likeness (QED) is 0.728. The van der Waals surface area contributed by atoms with Crippen LogP contribution in [0.2, 0.25) is 0 Å². The Balaban J connectivity index is 1.88. The highest BCUT2D eigenvalue weighted by Gasteiger charge is 2.26. The van der Waals surface area contributed by atoms with Gasteiger partial charge in [0, 0.05) is 26.7 Å². The molecule has 2 atom stereocenters. The van der Waals surface area contributed by atoms with Crippen LogP contribution in [0.1, 0.15) is 26.7 Å². The molecule has 7 nitrogen and oxygen atoms in total. The third-order valence-corrected chi connectivity index (χ3v) is 8.72. The van der Waals surface area contributed by atoms with Gasteiger partial charge in [-0.2, -0.15) is 0 Å². The van der Waals surface area contributed by atoms with Gasteiger partial charge in [0.25, 0.3) is 10.0 Å². The van der Waals surface area contributed by atoms with Gasteiger partial charge in [-0.3, -0.25) is 4.72 Å². The minimum absolute atomic E-state index is 0.00956. The van der Waals surface area contributed by atoms with Crippen molar-refractivity contribution < 1.29 is 16.8 Å². The highest BCUT2D eigenvalue weighted by atomic mass is 32.2. The lowest BCUT2D eigenvalue weighted by molar-refractivity contribution is 0.378. The topological polar surface area (TPSA) is 86.8 Å². The number of rotatable bonds is 6. The second-order valence-corrected chi connectivity index (χ2v) is 11.9. The van der Waals surface area contributed by atoms with Crippen LogP contribution >= 0.6 is 0 Å². The molecule has 2 aromatic rings. The van der Waals surface area contributed by atoms with Gasteiger partial charge in [-0.25, -0.2) is 21.1 Å². The first-order valence-corrected chi connectivity index (χ1v) is 12.9. The molecule has 0 aliphatic carbocycles. The Labute approximate surface area is 179 Å². The molecule has 1 aliphatic rings. The average molecular weight is 452 g/mol. The summed E-state index contributed by atoms with van der Waals surface area (Å²) in [6, 6.07) is 12.9. The van der Waals surface area contributed by atoms with Gasteiger partial charge in [0.1, 0.15) is 0 Å². The van der Waals surface area contributed by atoms with E-state index in [1.54, 1.807) is 12.1 Å². The number of sulfonamides is 2. The Morgan fingerprint density at radius 3 is 2.13 bits per heavy atom. The number of anilines is 2. The van der Waals surface area contributed by atoms with Crippen LogP contribution in [-0.2, 0) is 20.0 Å². The Morgan fingerprint density at radius 2 is 1.53 bits per heavy atom. The minimum atomic E-state index is -3.87. The fourth-order valence-corrected chi connectivity index (χ4v) is 5.76. The second-order valence-electron chi connectivity index (χ2n) is 8.05. The molecule has 2 aromatic carbocycles. The second kappa shape index (κ2) is 8.56. The van der Waals surface area contributed by atoms with Crippen LogP contribution in [0.3, 0.4) is 0 Å². The number of nitrogens with zero attached hydrogens (tertiary/aromatic N) is 2. The van der Waals surface area contributed by atoms with Crippen LogP contribution in [-0.4, -0.2) is 47.8 Å². The molecular weight excluding hydrogens is 422 g/mol. The van der Waals surface area contributed by atoms with Gasteiger partial charge in [-0.15, -0.1) is 0 Å². The summed E-state index contributed by atoms with van der Waals surface area (Å²) >= 11 is 0. The lowest BCUT2D eigenvalue weighted by Gasteiger charge is -2.39. The molecule has 0 bridgehead atoms. The fraction of sp³-hybridized carbons (Fsp3) is 0.429. The first-order chi connectivity index (χ1) is 14.0. The monoisotopic (exact) mass is 451 g/mol. The lowest BCUT2D eigenvalue weighted by atomic mass is 9.93. The van der Waals surface area contributed by atoms with Gasteiger partial charge in [0.05, 0.1) is 21.2 Å². The molecule has 164 valence electrons. The van der Waals surface area contributed by atoms with Crippen LogP contribution in [0.15, 0.2) is 58.3 Å². The molecule has 1 aliphatic heterocycles. The molecule has 9 heteroatoms. The van der Waals surface area contributed by atoms with Crippen molar-refractivity contribution in [3.05, 3.63) is 48.5 Å². The van der Waals surface area contributed by atoms with E-state index in [1.807, 2.05) is 12.1 Å². The van der Waals surface area contributed by atoms with Crippen molar-refractivity contribution in [2.75, 3.05) is 30.3 Å². The molecule has 1 N–H and O–H groups in total. The van der Waals surface area contributed by atoms with Crippen LogP contribution in [0.5, 0.6) is 0 Å². The van der Waals surface area contributed by atoms with E-state index in [1.165, 1.54) is 38.4 Å². The predicted molar refractivity (Wildman–Crippen MR) is 120 cm³/mol. The zero-order valence-corrected chi connectivity index (χ0v) is 19.4. The van der Waals surface area contributed by atoms with Gasteiger partial charge in [0.15, 0.2) is 0 Å². The maximum atomic E-state index is 13.0. The Hall–Kier alpha value is -2.10. The standard InChI is InChI=1S/C21H29N3O4S2/c1-16-13-14-24(17(2)15-16)21-8-6-5-7-20(21)22-29(25,26)18-9-11-19(12-10-18)30(27,28)23(3)4/h5-12,16-17,22H,13-15H2,1-4H3. The van der Waals surface area contributed by atoms with E-state index in [0.717, 1.165) is 29.4 Å². The molecule has 1 fully saturated rings. The van der Waals surface area contributed by atoms with Gasteiger partial charge in [0.2, 0.25) is 10.0 Å². The van der Waals surface area contributed by atoms with E-state index in [9.17, 15) is 16.8 Å². The molecule has 0 spiro atoms. The number of piperidine rings is 1. The summed E-state index contributed by atoms with van der Waals surface area (Å²) in [5.74, 6) is 0.650. The fourth-order valence-electron chi connectivity index (χ4n) is 3.78. The molecule has 0 aromatic heterocycles. The molecule has 3 rings (SSSR count). The zero-order valence-electron chi connectivity index (χ0n) is 17.7. The highest BCUT2D eigenvalue weighted by Crippen LogP contribution is 2.34. The first-order valence-electron chi connectivity index (χ1n) is 9.93. The minimum Gasteiger partial charge on any atom is -0.367 e. The maximum absolute atomic E-state index is 13.0. The smallest absolute Gasteiger partial charge is 0.261 e. The molecular formula is C21H29N3O4S2. The van der Waals surface area contributed by atoms with Crippen LogP contribution in [0, 0.1) is 5.92 Å². The van der Waals surface area contributed by atoms with Crippen molar-refractivity contribution in [2.45, 2.75) is 42.5 Å². The normalized spacial score (nSPS) is 20.4. The summed E-state index contributed by atoms with van der Waals surface area (Å²) in [6.07, 6.45) is 2.12. The lowest BCUT2D eigenvalue weighted by Crippen LogP contribution is -2.40. The first kappa shape index (κ1) is 22.6. The van der Waals surface area contributed by atoms with E-state index in [-0.39, 0.29) is 9.79 Å². The van der Waals surface area contributed by atoms with E-state index >= 15 is 0 Å². The number of hydrogen-bond donors (Lipinski definition) is 1. The van der Waals surface area contributed by atoms with E-state index in [4.69, 9.17) is 0 Å². The van der Waals surface area contributed by atoms with Gasteiger partial charge < -0.3 is 4.90 Å². The number of para-hydroxylation sites is 2. The Kier molecular flexibility index (Phi) is 6.45. The summed E-state index contributed by atoms with van der Waals surface area (Å²) in [7, 11) is -4.63. The third kappa shape index (κ3) is 4.63. The molecule has 0 saturated carbocycles. The number of nitrogens with one attached hydrogen (secondary N) is 1. The SMILES string of the molecule is CC1CCN(c2ccccc2NS(=O)(=O)c2ccc(S(=O)(=O)N(C)C)cc2)C(C)C1. The van der Waals surface area contributed by atoms with Gasteiger partial charge >= 0.3 is 0 Å². The molecule has 0 radical (unpaired) electrons. The predicted octanol–water partition coefficient (Wildman–Crippen LogP) is 3.36. The number of hydrogen-bond acceptors (Lipinski definition) is 5. The van der Waals surface area contributed by atoms with E-state index in [0.29, 0.717) is 17.6 Å².